The van der Waals surface area contributed by atoms with Crippen molar-refractivity contribution in [3.05, 3.63) is 59.4 Å². The number of amides is 2. The smallest absolute Gasteiger partial charge is 0.269 e. The molecule has 0 aliphatic heterocycles. The van der Waals surface area contributed by atoms with E-state index in [1.165, 1.54) is 17.8 Å². The Labute approximate surface area is 148 Å². The quantitative estimate of drug-likeness (QED) is 0.871. The minimum absolute atomic E-state index is 0.0639. The first kappa shape index (κ1) is 18.6. The van der Waals surface area contributed by atoms with Crippen LogP contribution in [0.5, 0.6) is 0 Å². The SMILES string of the molecule is CCCNC(=O)c1cc(C(=O)Nc2ccc(C(C)(C)C)cc2)ccn1. The molecule has 2 aromatic rings. The van der Waals surface area contributed by atoms with Gasteiger partial charge in [0.1, 0.15) is 5.69 Å². The summed E-state index contributed by atoms with van der Waals surface area (Å²) in [6, 6.07) is 10.9. The third-order valence-electron chi connectivity index (χ3n) is 3.80. The Kier molecular flexibility index (Phi) is 5.91. The van der Waals surface area contributed by atoms with Gasteiger partial charge in [0.05, 0.1) is 0 Å². The number of carbonyl (C=O) groups excluding carboxylic acids is 2. The first-order valence-electron chi connectivity index (χ1n) is 8.47. The van der Waals surface area contributed by atoms with Gasteiger partial charge in [0.15, 0.2) is 0 Å². The highest BCUT2D eigenvalue weighted by molar-refractivity contribution is 6.05. The van der Waals surface area contributed by atoms with E-state index in [4.69, 9.17) is 0 Å². The molecular weight excluding hydrogens is 314 g/mol. The average molecular weight is 339 g/mol. The van der Waals surface area contributed by atoms with Crippen LogP contribution in [0.3, 0.4) is 0 Å². The number of hydrogen-bond acceptors (Lipinski definition) is 3. The summed E-state index contributed by atoms with van der Waals surface area (Å²) in [7, 11) is 0. The molecule has 2 N–H and O–H groups in total. The van der Waals surface area contributed by atoms with E-state index in [0.29, 0.717) is 17.8 Å². The molecule has 0 atom stereocenters. The highest BCUT2D eigenvalue weighted by Crippen LogP contribution is 2.23. The Morgan fingerprint density at radius 3 is 2.32 bits per heavy atom. The second-order valence-electron chi connectivity index (χ2n) is 6.97. The average Bonchev–Trinajstić information content (AvgIpc) is 2.59. The van der Waals surface area contributed by atoms with Crippen LogP contribution in [0.1, 0.15) is 60.5 Å². The molecule has 0 aliphatic carbocycles. The summed E-state index contributed by atoms with van der Waals surface area (Å²) < 4.78 is 0. The molecule has 1 aromatic carbocycles. The van der Waals surface area contributed by atoms with Crippen molar-refractivity contribution in [1.29, 1.82) is 0 Å². The normalized spacial score (nSPS) is 11.0. The van der Waals surface area contributed by atoms with Crippen molar-refractivity contribution in [2.45, 2.75) is 39.5 Å². The predicted molar refractivity (Wildman–Crippen MR) is 100.0 cm³/mol. The van der Waals surface area contributed by atoms with E-state index in [-0.39, 0.29) is 22.9 Å². The van der Waals surface area contributed by atoms with Gasteiger partial charge in [-0.15, -0.1) is 0 Å². The lowest BCUT2D eigenvalue weighted by Crippen LogP contribution is -2.25. The molecule has 0 bridgehead atoms. The maximum absolute atomic E-state index is 12.4. The van der Waals surface area contributed by atoms with Crippen molar-refractivity contribution in [2.75, 3.05) is 11.9 Å². The molecule has 132 valence electrons. The minimum Gasteiger partial charge on any atom is -0.351 e. The van der Waals surface area contributed by atoms with E-state index in [1.54, 1.807) is 6.07 Å². The fourth-order valence-corrected chi connectivity index (χ4v) is 2.28. The number of nitrogens with zero attached hydrogens (tertiary/aromatic N) is 1. The lowest BCUT2D eigenvalue weighted by atomic mass is 9.87. The molecular formula is C20H25N3O2. The second kappa shape index (κ2) is 7.92. The van der Waals surface area contributed by atoms with E-state index in [0.717, 1.165) is 6.42 Å². The van der Waals surface area contributed by atoms with Crippen molar-refractivity contribution in [3.8, 4) is 0 Å². The Hall–Kier alpha value is -2.69. The standard InChI is InChI=1S/C20H25N3O2/c1-5-11-22-19(25)17-13-14(10-12-21-17)18(24)23-16-8-6-15(7-9-16)20(2,3)4/h6-10,12-13H,5,11H2,1-4H3,(H,22,25)(H,23,24). The van der Waals surface area contributed by atoms with Gasteiger partial charge < -0.3 is 10.6 Å². The largest absolute Gasteiger partial charge is 0.351 e. The van der Waals surface area contributed by atoms with Gasteiger partial charge >= 0.3 is 0 Å². The maximum Gasteiger partial charge on any atom is 0.269 e. The zero-order chi connectivity index (χ0) is 18.4. The van der Waals surface area contributed by atoms with Crippen LogP contribution >= 0.6 is 0 Å². The molecule has 25 heavy (non-hydrogen) atoms. The highest BCUT2D eigenvalue weighted by atomic mass is 16.2. The van der Waals surface area contributed by atoms with Gasteiger partial charge in [-0.25, -0.2) is 0 Å². The second-order valence-corrected chi connectivity index (χ2v) is 6.97. The lowest BCUT2D eigenvalue weighted by Gasteiger charge is -2.19. The molecule has 0 aliphatic rings. The molecule has 0 saturated heterocycles. The number of hydrogen-bond donors (Lipinski definition) is 2. The van der Waals surface area contributed by atoms with Gasteiger partial charge in [0.25, 0.3) is 11.8 Å². The summed E-state index contributed by atoms with van der Waals surface area (Å²) in [5.74, 6) is -0.540. The van der Waals surface area contributed by atoms with Crippen molar-refractivity contribution >= 4 is 17.5 Å². The van der Waals surface area contributed by atoms with Crippen molar-refractivity contribution in [1.82, 2.24) is 10.3 Å². The Bertz CT molecular complexity index is 746. The number of nitrogens with one attached hydrogen (secondary N) is 2. The van der Waals surface area contributed by atoms with Crippen LogP contribution in [0.25, 0.3) is 0 Å². The molecule has 2 rings (SSSR count). The maximum atomic E-state index is 12.4. The zero-order valence-electron chi connectivity index (χ0n) is 15.2. The predicted octanol–water partition coefficient (Wildman–Crippen LogP) is 3.77. The molecule has 0 unspecified atom stereocenters. The third kappa shape index (κ3) is 5.14. The number of rotatable bonds is 5. The molecule has 1 aromatic heterocycles. The first-order valence-corrected chi connectivity index (χ1v) is 8.47. The summed E-state index contributed by atoms with van der Waals surface area (Å²) in [4.78, 5) is 28.4. The fraction of sp³-hybridized carbons (Fsp3) is 0.350. The Morgan fingerprint density at radius 2 is 1.72 bits per heavy atom. The monoisotopic (exact) mass is 339 g/mol. The highest BCUT2D eigenvalue weighted by Gasteiger charge is 2.14. The van der Waals surface area contributed by atoms with Gasteiger partial charge in [0.2, 0.25) is 0 Å². The van der Waals surface area contributed by atoms with Gasteiger partial charge in [-0.3, -0.25) is 14.6 Å². The number of benzene rings is 1. The van der Waals surface area contributed by atoms with E-state index < -0.39 is 0 Å². The minimum atomic E-state index is -0.272. The molecule has 0 radical (unpaired) electrons. The Morgan fingerprint density at radius 1 is 1.04 bits per heavy atom. The van der Waals surface area contributed by atoms with Crippen LogP contribution in [-0.2, 0) is 5.41 Å². The van der Waals surface area contributed by atoms with Gasteiger partial charge in [-0.05, 0) is 41.7 Å². The van der Waals surface area contributed by atoms with E-state index >= 15 is 0 Å². The molecule has 0 spiro atoms. The number of pyridine rings is 1. The van der Waals surface area contributed by atoms with Crippen LogP contribution in [0.2, 0.25) is 0 Å². The summed E-state index contributed by atoms with van der Waals surface area (Å²) in [5, 5.41) is 5.60. The number of carbonyl (C=O) groups is 2. The van der Waals surface area contributed by atoms with Crippen molar-refractivity contribution in [3.63, 3.8) is 0 Å². The molecule has 0 fully saturated rings. The van der Waals surface area contributed by atoms with Crippen molar-refractivity contribution < 1.29 is 9.59 Å². The van der Waals surface area contributed by atoms with Crippen LogP contribution in [-0.4, -0.2) is 23.3 Å². The molecule has 5 heteroatoms. The van der Waals surface area contributed by atoms with Gasteiger partial charge in [0, 0.05) is 24.0 Å². The third-order valence-corrected chi connectivity index (χ3v) is 3.80. The van der Waals surface area contributed by atoms with Gasteiger partial charge in [-0.1, -0.05) is 39.8 Å². The van der Waals surface area contributed by atoms with Crippen molar-refractivity contribution in [2.24, 2.45) is 0 Å². The topological polar surface area (TPSA) is 71.1 Å². The van der Waals surface area contributed by atoms with Gasteiger partial charge in [-0.2, -0.15) is 0 Å². The Balaban J connectivity index is 2.09. The number of anilines is 1. The van der Waals surface area contributed by atoms with Crippen LogP contribution in [0.15, 0.2) is 42.6 Å². The summed E-state index contributed by atoms with van der Waals surface area (Å²) in [5.41, 5.74) is 2.62. The van der Waals surface area contributed by atoms with Crippen LogP contribution < -0.4 is 10.6 Å². The summed E-state index contributed by atoms with van der Waals surface area (Å²) >= 11 is 0. The van der Waals surface area contributed by atoms with E-state index in [9.17, 15) is 9.59 Å². The summed E-state index contributed by atoms with van der Waals surface area (Å²) in [6.07, 6.45) is 2.31. The molecule has 2 amide bonds. The summed E-state index contributed by atoms with van der Waals surface area (Å²) in [6.45, 7) is 8.98. The fourth-order valence-electron chi connectivity index (χ4n) is 2.28. The van der Waals surface area contributed by atoms with Crippen LogP contribution in [0.4, 0.5) is 5.69 Å². The molecule has 1 heterocycles. The first-order chi connectivity index (χ1) is 11.8. The molecule has 0 saturated carbocycles. The lowest BCUT2D eigenvalue weighted by molar-refractivity contribution is 0.0948. The molecule has 5 nitrogen and oxygen atoms in total. The van der Waals surface area contributed by atoms with E-state index in [1.807, 2.05) is 31.2 Å². The van der Waals surface area contributed by atoms with Crippen LogP contribution in [0, 0.1) is 0 Å². The number of aromatic nitrogens is 1. The zero-order valence-corrected chi connectivity index (χ0v) is 15.2. The van der Waals surface area contributed by atoms with E-state index in [2.05, 4.69) is 36.4 Å².